The molecule has 0 aliphatic heterocycles. The molecule has 0 saturated carbocycles. The second kappa shape index (κ2) is 6.53. The molecule has 3 rings (SSSR count). The van der Waals surface area contributed by atoms with Crippen LogP contribution in [-0.2, 0) is 11.2 Å². The van der Waals surface area contributed by atoms with E-state index >= 15 is 0 Å². The first-order valence-corrected chi connectivity index (χ1v) is 7.55. The SMILES string of the molecule is Cc1cccc(C[C@H](Oc2ccc3ccccc3c2)C(=O)O)c1. The first-order chi connectivity index (χ1) is 11.1. The number of carboxylic acids is 1. The molecular formula is C20H18O3. The third kappa shape index (κ3) is 3.69. The van der Waals surface area contributed by atoms with E-state index in [4.69, 9.17) is 4.74 Å². The Balaban J connectivity index is 1.82. The number of fused-ring (bicyclic) bond motifs is 1. The lowest BCUT2D eigenvalue weighted by molar-refractivity contribution is -0.145. The highest BCUT2D eigenvalue weighted by atomic mass is 16.5. The van der Waals surface area contributed by atoms with Crippen molar-refractivity contribution in [3.05, 3.63) is 77.9 Å². The summed E-state index contributed by atoms with van der Waals surface area (Å²) in [6.07, 6.45) is -0.568. The van der Waals surface area contributed by atoms with Crippen LogP contribution in [0.1, 0.15) is 11.1 Å². The maximum atomic E-state index is 11.5. The highest BCUT2D eigenvalue weighted by Crippen LogP contribution is 2.22. The first kappa shape index (κ1) is 15.1. The van der Waals surface area contributed by atoms with Crippen LogP contribution in [0, 0.1) is 6.92 Å². The smallest absolute Gasteiger partial charge is 0.345 e. The minimum atomic E-state index is -0.959. The molecule has 0 heterocycles. The van der Waals surface area contributed by atoms with Crippen molar-refractivity contribution in [1.82, 2.24) is 0 Å². The van der Waals surface area contributed by atoms with Gasteiger partial charge in [-0.3, -0.25) is 0 Å². The minimum absolute atomic E-state index is 0.337. The second-order valence-electron chi connectivity index (χ2n) is 5.65. The summed E-state index contributed by atoms with van der Waals surface area (Å²) in [5, 5.41) is 11.6. The molecule has 1 atom stereocenters. The van der Waals surface area contributed by atoms with E-state index in [1.165, 1.54) is 0 Å². The van der Waals surface area contributed by atoms with E-state index in [0.717, 1.165) is 21.9 Å². The van der Waals surface area contributed by atoms with Crippen molar-refractivity contribution in [2.24, 2.45) is 0 Å². The first-order valence-electron chi connectivity index (χ1n) is 7.55. The zero-order valence-corrected chi connectivity index (χ0v) is 12.9. The van der Waals surface area contributed by atoms with Crippen molar-refractivity contribution in [3.63, 3.8) is 0 Å². The van der Waals surface area contributed by atoms with Crippen LogP contribution in [0.3, 0.4) is 0 Å². The Morgan fingerprint density at radius 1 is 1.00 bits per heavy atom. The van der Waals surface area contributed by atoms with E-state index < -0.39 is 12.1 Å². The highest BCUT2D eigenvalue weighted by Gasteiger charge is 2.20. The van der Waals surface area contributed by atoms with Gasteiger partial charge < -0.3 is 9.84 Å². The molecule has 1 N–H and O–H groups in total. The van der Waals surface area contributed by atoms with Crippen LogP contribution in [0.4, 0.5) is 0 Å². The third-order valence-electron chi connectivity index (χ3n) is 3.78. The van der Waals surface area contributed by atoms with Crippen LogP contribution >= 0.6 is 0 Å². The minimum Gasteiger partial charge on any atom is -0.478 e. The molecule has 0 amide bonds. The van der Waals surface area contributed by atoms with Crippen molar-refractivity contribution in [2.75, 3.05) is 0 Å². The van der Waals surface area contributed by atoms with Crippen LogP contribution in [0.15, 0.2) is 66.7 Å². The number of ether oxygens (including phenoxy) is 1. The lowest BCUT2D eigenvalue weighted by atomic mass is 10.1. The molecule has 23 heavy (non-hydrogen) atoms. The van der Waals surface area contributed by atoms with Crippen LogP contribution in [0.2, 0.25) is 0 Å². The monoisotopic (exact) mass is 306 g/mol. The Morgan fingerprint density at radius 3 is 2.52 bits per heavy atom. The number of hydrogen-bond acceptors (Lipinski definition) is 2. The van der Waals surface area contributed by atoms with Crippen molar-refractivity contribution < 1.29 is 14.6 Å². The third-order valence-corrected chi connectivity index (χ3v) is 3.78. The molecule has 3 aromatic carbocycles. The molecule has 0 fully saturated rings. The van der Waals surface area contributed by atoms with Gasteiger partial charge in [-0.25, -0.2) is 4.79 Å². The number of aryl methyl sites for hydroxylation is 1. The molecule has 0 aromatic heterocycles. The molecule has 3 nitrogen and oxygen atoms in total. The van der Waals surface area contributed by atoms with E-state index in [2.05, 4.69) is 0 Å². The summed E-state index contributed by atoms with van der Waals surface area (Å²) < 4.78 is 5.73. The van der Waals surface area contributed by atoms with Crippen molar-refractivity contribution in [2.45, 2.75) is 19.4 Å². The quantitative estimate of drug-likeness (QED) is 0.767. The Hall–Kier alpha value is -2.81. The molecule has 3 heteroatoms. The lowest BCUT2D eigenvalue weighted by Gasteiger charge is -2.16. The average Bonchev–Trinajstić information content (AvgIpc) is 2.54. The fraction of sp³-hybridized carbons (Fsp3) is 0.150. The van der Waals surface area contributed by atoms with Gasteiger partial charge in [0.2, 0.25) is 0 Å². The van der Waals surface area contributed by atoms with Gasteiger partial charge in [0.05, 0.1) is 0 Å². The van der Waals surface area contributed by atoms with Crippen LogP contribution < -0.4 is 4.74 Å². The number of benzene rings is 3. The van der Waals surface area contributed by atoms with E-state index in [-0.39, 0.29) is 0 Å². The highest BCUT2D eigenvalue weighted by molar-refractivity contribution is 5.84. The number of aliphatic carboxylic acids is 1. The largest absolute Gasteiger partial charge is 0.478 e. The van der Waals surface area contributed by atoms with Gasteiger partial charge in [-0.05, 0) is 35.4 Å². The van der Waals surface area contributed by atoms with E-state index in [1.54, 1.807) is 0 Å². The summed E-state index contributed by atoms with van der Waals surface area (Å²) >= 11 is 0. The molecule has 116 valence electrons. The molecule has 0 spiro atoms. The summed E-state index contributed by atoms with van der Waals surface area (Å²) in [4.78, 5) is 11.5. The van der Waals surface area contributed by atoms with Gasteiger partial charge >= 0.3 is 5.97 Å². The van der Waals surface area contributed by atoms with E-state index in [9.17, 15) is 9.90 Å². The van der Waals surface area contributed by atoms with Gasteiger partial charge in [0.15, 0.2) is 6.10 Å². The molecule has 0 unspecified atom stereocenters. The number of hydrogen-bond donors (Lipinski definition) is 1. The predicted molar refractivity (Wildman–Crippen MR) is 90.9 cm³/mol. The number of carboxylic acid groups (broad SMARTS) is 1. The summed E-state index contributed by atoms with van der Waals surface area (Å²) in [5.74, 6) is -0.386. The lowest BCUT2D eigenvalue weighted by Crippen LogP contribution is -2.29. The molecule has 0 saturated heterocycles. The van der Waals surface area contributed by atoms with Gasteiger partial charge in [-0.2, -0.15) is 0 Å². The van der Waals surface area contributed by atoms with Crippen LogP contribution in [-0.4, -0.2) is 17.2 Å². The molecule has 0 aliphatic rings. The van der Waals surface area contributed by atoms with Gasteiger partial charge in [-0.1, -0.05) is 60.2 Å². The fourth-order valence-corrected chi connectivity index (χ4v) is 2.64. The standard InChI is InChI=1S/C20H18O3/c1-14-5-4-6-15(11-14)12-19(20(21)22)23-18-10-9-16-7-2-3-8-17(16)13-18/h2-11,13,19H,12H2,1H3,(H,21,22)/t19-/m0/s1. The molecular weight excluding hydrogens is 288 g/mol. The molecule has 0 aliphatic carbocycles. The average molecular weight is 306 g/mol. The zero-order valence-electron chi connectivity index (χ0n) is 12.9. The Labute approximate surface area is 135 Å². The summed E-state index contributed by atoms with van der Waals surface area (Å²) in [7, 11) is 0. The number of carbonyl (C=O) groups is 1. The fourth-order valence-electron chi connectivity index (χ4n) is 2.64. The van der Waals surface area contributed by atoms with E-state index in [1.807, 2.05) is 73.7 Å². The maximum Gasteiger partial charge on any atom is 0.345 e. The second-order valence-corrected chi connectivity index (χ2v) is 5.65. The van der Waals surface area contributed by atoms with E-state index in [0.29, 0.717) is 12.2 Å². The zero-order chi connectivity index (χ0) is 16.2. The maximum absolute atomic E-state index is 11.5. The summed E-state index contributed by atoms with van der Waals surface area (Å²) in [6.45, 7) is 1.99. The Kier molecular flexibility index (Phi) is 4.29. The van der Waals surface area contributed by atoms with Crippen molar-refractivity contribution >= 4 is 16.7 Å². The summed E-state index contributed by atoms with van der Waals surface area (Å²) in [6, 6.07) is 21.4. The topological polar surface area (TPSA) is 46.5 Å². The predicted octanol–water partition coefficient (Wildman–Crippen LogP) is 4.22. The van der Waals surface area contributed by atoms with Crippen LogP contribution in [0.25, 0.3) is 10.8 Å². The summed E-state index contributed by atoms with van der Waals surface area (Å²) in [5.41, 5.74) is 2.07. The Morgan fingerprint density at radius 2 is 1.78 bits per heavy atom. The van der Waals surface area contributed by atoms with Crippen molar-refractivity contribution in [3.8, 4) is 5.75 Å². The van der Waals surface area contributed by atoms with Crippen LogP contribution in [0.5, 0.6) is 5.75 Å². The normalized spacial score (nSPS) is 12.0. The Bertz CT molecular complexity index is 839. The molecule has 3 aromatic rings. The van der Waals surface area contributed by atoms with Gasteiger partial charge in [0, 0.05) is 6.42 Å². The van der Waals surface area contributed by atoms with Crippen molar-refractivity contribution in [1.29, 1.82) is 0 Å². The van der Waals surface area contributed by atoms with Gasteiger partial charge in [0.25, 0.3) is 0 Å². The van der Waals surface area contributed by atoms with Gasteiger partial charge in [0.1, 0.15) is 5.75 Å². The van der Waals surface area contributed by atoms with Gasteiger partial charge in [-0.15, -0.1) is 0 Å². The molecule has 0 bridgehead atoms. The molecule has 0 radical (unpaired) electrons. The number of rotatable bonds is 5.